The summed E-state index contributed by atoms with van der Waals surface area (Å²) in [6.07, 6.45) is 3.29. The summed E-state index contributed by atoms with van der Waals surface area (Å²) >= 11 is 0. The predicted octanol–water partition coefficient (Wildman–Crippen LogP) is 1.41. The van der Waals surface area contributed by atoms with Gasteiger partial charge in [0.2, 0.25) is 10.0 Å². The zero-order valence-corrected chi connectivity index (χ0v) is 20.6. The van der Waals surface area contributed by atoms with Crippen LogP contribution in [0.3, 0.4) is 0 Å². The fourth-order valence-corrected chi connectivity index (χ4v) is 4.75. The van der Waals surface area contributed by atoms with Crippen LogP contribution in [0.1, 0.15) is 25.2 Å². The fraction of sp³-hybridized carbons (Fsp3) is 0.526. The molecule has 0 unspecified atom stereocenters. The number of sulfonamides is 1. The molecule has 9 nitrogen and oxygen atoms in total. The number of aliphatic imine (C=N–C) groups is 1. The lowest BCUT2D eigenvalue weighted by Crippen LogP contribution is -2.39. The Balaban J connectivity index is 0.00000320. The molecule has 1 aromatic heterocycles. The Labute approximate surface area is 195 Å². The van der Waals surface area contributed by atoms with Gasteiger partial charge in [-0.25, -0.2) is 8.42 Å². The third kappa shape index (κ3) is 6.06. The van der Waals surface area contributed by atoms with Crippen molar-refractivity contribution in [2.75, 3.05) is 36.2 Å². The zero-order chi connectivity index (χ0) is 20.7. The van der Waals surface area contributed by atoms with E-state index in [1.165, 1.54) is 4.31 Å². The third-order valence-electron chi connectivity index (χ3n) is 4.80. The number of halogens is 1. The van der Waals surface area contributed by atoms with Crippen molar-refractivity contribution in [1.29, 1.82) is 0 Å². The van der Waals surface area contributed by atoms with Crippen LogP contribution >= 0.6 is 24.0 Å². The molecule has 11 heteroatoms. The van der Waals surface area contributed by atoms with Gasteiger partial charge in [-0.15, -0.1) is 34.2 Å². The molecule has 1 aliphatic rings. The van der Waals surface area contributed by atoms with E-state index in [4.69, 9.17) is 0 Å². The van der Waals surface area contributed by atoms with Crippen LogP contribution in [0.5, 0.6) is 0 Å². The quantitative estimate of drug-likeness (QED) is 0.280. The minimum absolute atomic E-state index is 0. The minimum atomic E-state index is -3.40. The highest BCUT2D eigenvalue weighted by Gasteiger charge is 2.28. The normalized spacial score (nSPS) is 13.7. The maximum atomic E-state index is 12.8. The van der Waals surface area contributed by atoms with Gasteiger partial charge in [0.25, 0.3) is 0 Å². The van der Waals surface area contributed by atoms with Crippen LogP contribution in [-0.4, -0.2) is 61.1 Å². The van der Waals surface area contributed by atoms with E-state index in [-0.39, 0.29) is 36.3 Å². The van der Waals surface area contributed by atoms with Crippen LogP contribution in [0, 0.1) is 0 Å². The van der Waals surface area contributed by atoms with E-state index in [1.807, 2.05) is 42.7 Å². The van der Waals surface area contributed by atoms with E-state index in [1.54, 1.807) is 6.33 Å². The van der Waals surface area contributed by atoms with Gasteiger partial charge in [-0.2, -0.15) is 0 Å². The van der Waals surface area contributed by atoms with Crippen molar-refractivity contribution in [3.05, 3.63) is 42.0 Å². The number of aryl methyl sites for hydroxylation is 1. The first kappa shape index (κ1) is 24.4. The van der Waals surface area contributed by atoms with Gasteiger partial charge in [-0.3, -0.25) is 9.30 Å². The smallest absolute Gasteiger partial charge is 0.237 e. The number of nitrogens with zero attached hydrogens (tertiary/aromatic N) is 5. The third-order valence-corrected chi connectivity index (χ3v) is 6.55. The number of guanidine groups is 1. The maximum Gasteiger partial charge on any atom is 0.237 e. The molecule has 30 heavy (non-hydrogen) atoms. The largest absolute Gasteiger partial charge is 0.357 e. The average Bonchev–Trinajstić information content (AvgIpc) is 3.34. The second kappa shape index (κ2) is 11.5. The van der Waals surface area contributed by atoms with E-state index in [0.29, 0.717) is 32.1 Å². The predicted molar refractivity (Wildman–Crippen MR) is 130 cm³/mol. The summed E-state index contributed by atoms with van der Waals surface area (Å²) in [5.74, 6) is 1.52. The second-order valence-corrected chi connectivity index (χ2v) is 8.76. The lowest BCUT2D eigenvalue weighted by molar-refractivity contribution is 0.592. The van der Waals surface area contributed by atoms with Crippen molar-refractivity contribution < 1.29 is 8.42 Å². The summed E-state index contributed by atoms with van der Waals surface area (Å²) in [5, 5.41) is 14.4. The average molecular weight is 547 g/mol. The molecule has 2 heterocycles. The van der Waals surface area contributed by atoms with Gasteiger partial charge in [0.1, 0.15) is 12.2 Å². The Bertz CT molecular complexity index is 946. The zero-order valence-electron chi connectivity index (χ0n) is 17.4. The highest BCUT2D eigenvalue weighted by atomic mass is 127. The summed E-state index contributed by atoms with van der Waals surface area (Å²) in [5.41, 5.74) is 1.87. The SMILES string of the molecule is CCNC(=NCCS(=O)(=O)N1CCc2ccccc21)NCCn1cnnc1CC.I. The molecule has 3 rings (SSSR count). The van der Waals surface area contributed by atoms with Crippen LogP contribution in [-0.2, 0) is 29.4 Å². The van der Waals surface area contributed by atoms with Gasteiger partial charge in [0, 0.05) is 32.6 Å². The molecular weight excluding hydrogens is 517 g/mol. The molecule has 2 N–H and O–H groups in total. The molecule has 0 amide bonds. The number of hydrogen-bond donors (Lipinski definition) is 2. The number of para-hydroxylation sites is 1. The van der Waals surface area contributed by atoms with Gasteiger partial charge in [-0.1, -0.05) is 25.1 Å². The molecule has 0 saturated carbocycles. The topological polar surface area (TPSA) is 105 Å². The van der Waals surface area contributed by atoms with Crippen molar-refractivity contribution >= 4 is 45.6 Å². The minimum Gasteiger partial charge on any atom is -0.357 e. The molecule has 0 aliphatic carbocycles. The Morgan fingerprint density at radius 1 is 1.23 bits per heavy atom. The molecule has 166 valence electrons. The van der Waals surface area contributed by atoms with Gasteiger partial charge in [0.15, 0.2) is 5.96 Å². The van der Waals surface area contributed by atoms with Crippen LogP contribution in [0.2, 0.25) is 0 Å². The van der Waals surface area contributed by atoms with E-state index < -0.39 is 10.0 Å². The maximum absolute atomic E-state index is 12.8. The van der Waals surface area contributed by atoms with Crippen molar-refractivity contribution in [2.45, 2.75) is 33.2 Å². The lowest BCUT2D eigenvalue weighted by Gasteiger charge is -2.19. The Morgan fingerprint density at radius 2 is 2.03 bits per heavy atom. The van der Waals surface area contributed by atoms with E-state index >= 15 is 0 Å². The summed E-state index contributed by atoms with van der Waals surface area (Å²) in [4.78, 5) is 4.44. The molecule has 1 aromatic carbocycles. The van der Waals surface area contributed by atoms with Crippen LogP contribution in [0.15, 0.2) is 35.6 Å². The van der Waals surface area contributed by atoms with Crippen molar-refractivity contribution in [2.24, 2.45) is 4.99 Å². The van der Waals surface area contributed by atoms with E-state index in [9.17, 15) is 8.42 Å². The second-order valence-electron chi connectivity index (χ2n) is 6.75. The first-order valence-electron chi connectivity index (χ1n) is 10.0. The number of anilines is 1. The molecule has 0 bridgehead atoms. The lowest BCUT2D eigenvalue weighted by atomic mass is 10.2. The number of hydrogen-bond acceptors (Lipinski definition) is 5. The molecule has 0 fully saturated rings. The van der Waals surface area contributed by atoms with Crippen molar-refractivity contribution in [1.82, 2.24) is 25.4 Å². The Kier molecular flexibility index (Phi) is 9.34. The Hall–Kier alpha value is -1.89. The van der Waals surface area contributed by atoms with E-state index in [2.05, 4.69) is 25.8 Å². The molecule has 2 aromatic rings. The number of fused-ring (bicyclic) bond motifs is 1. The first-order chi connectivity index (χ1) is 14.0. The number of aromatic nitrogens is 3. The molecule has 0 atom stereocenters. The van der Waals surface area contributed by atoms with Gasteiger partial charge in [0.05, 0.1) is 18.0 Å². The molecule has 0 spiro atoms. The van der Waals surface area contributed by atoms with Crippen LogP contribution in [0.4, 0.5) is 5.69 Å². The summed E-state index contributed by atoms with van der Waals surface area (Å²) in [6.45, 7) is 6.77. The highest BCUT2D eigenvalue weighted by Crippen LogP contribution is 2.29. The van der Waals surface area contributed by atoms with Gasteiger partial charge >= 0.3 is 0 Å². The highest BCUT2D eigenvalue weighted by molar-refractivity contribution is 14.0. The number of benzene rings is 1. The van der Waals surface area contributed by atoms with Gasteiger partial charge < -0.3 is 15.2 Å². The Morgan fingerprint density at radius 3 is 2.80 bits per heavy atom. The molecular formula is C19H30IN7O2S. The number of rotatable bonds is 9. The van der Waals surface area contributed by atoms with Crippen LogP contribution in [0.25, 0.3) is 0 Å². The summed E-state index contributed by atoms with van der Waals surface area (Å²) in [6, 6.07) is 7.66. The van der Waals surface area contributed by atoms with Crippen molar-refractivity contribution in [3.63, 3.8) is 0 Å². The summed E-state index contributed by atoms with van der Waals surface area (Å²) in [7, 11) is -3.40. The summed E-state index contributed by atoms with van der Waals surface area (Å²) < 4.78 is 29.0. The first-order valence-corrected chi connectivity index (χ1v) is 11.6. The van der Waals surface area contributed by atoms with E-state index in [0.717, 1.165) is 29.9 Å². The van der Waals surface area contributed by atoms with Gasteiger partial charge in [-0.05, 0) is 25.0 Å². The standard InChI is InChI=1S/C19H29N7O2S.HI/c1-3-18-24-23-15-25(18)13-10-21-19(20-4-2)22-11-14-29(27,28)26-12-9-16-7-5-6-8-17(16)26;/h5-8,15H,3-4,9-14H2,1-2H3,(H2,20,21,22);1H. The molecule has 0 saturated heterocycles. The van der Waals surface area contributed by atoms with Crippen molar-refractivity contribution in [3.8, 4) is 0 Å². The number of nitrogens with one attached hydrogen (secondary N) is 2. The van der Waals surface area contributed by atoms with Crippen LogP contribution < -0.4 is 14.9 Å². The molecule has 1 aliphatic heterocycles. The molecule has 0 radical (unpaired) electrons. The fourth-order valence-electron chi connectivity index (χ4n) is 3.36. The monoisotopic (exact) mass is 547 g/mol.